The summed E-state index contributed by atoms with van der Waals surface area (Å²) in [6.07, 6.45) is 1.02. The van der Waals surface area contributed by atoms with Crippen molar-refractivity contribution in [1.82, 2.24) is 10.3 Å². The van der Waals surface area contributed by atoms with Crippen LogP contribution in [0.4, 0.5) is 8.78 Å². The molecule has 1 aromatic heterocycles. The summed E-state index contributed by atoms with van der Waals surface area (Å²) in [5.41, 5.74) is 4.76. The number of nitrogens with zero attached hydrogens (tertiary/aromatic N) is 1. The van der Waals surface area contributed by atoms with Crippen LogP contribution >= 0.6 is 0 Å². The maximum atomic E-state index is 12.9. The van der Waals surface area contributed by atoms with Gasteiger partial charge in [-0.05, 0) is 6.07 Å². The summed E-state index contributed by atoms with van der Waals surface area (Å²) >= 11 is 0. The molecule has 4 nitrogen and oxygen atoms in total. The number of rotatable bonds is 3. The lowest BCUT2D eigenvalue weighted by molar-refractivity contribution is 0.0949. The Morgan fingerprint density at radius 2 is 2.29 bits per heavy atom. The van der Waals surface area contributed by atoms with Crippen LogP contribution in [-0.2, 0) is 0 Å². The van der Waals surface area contributed by atoms with E-state index in [2.05, 4.69) is 10.3 Å². The lowest BCUT2D eigenvalue weighted by atomic mass is 10.2. The van der Waals surface area contributed by atoms with E-state index in [0.717, 1.165) is 12.3 Å². The number of nitrogens with one attached hydrogen (secondary N) is 1. The number of nitrogens with two attached hydrogens (primary N) is 1. The maximum Gasteiger partial charge on any atom is 0.254 e. The third-order valence-corrected chi connectivity index (χ3v) is 1.52. The SMILES string of the molecule is NCCNC(=O)c1ccnc(F)c1F. The Bertz CT molecular complexity index is 343. The van der Waals surface area contributed by atoms with Crippen molar-refractivity contribution < 1.29 is 13.6 Å². The lowest BCUT2D eigenvalue weighted by Gasteiger charge is -2.03. The van der Waals surface area contributed by atoms with Gasteiger partial charge in [0, 0.05) is 19.3 Å². The van der Waals surface area contributed by atoms with E-state index in [1.54, 1.807) is 0 Å². The van der Waals surface area contributed by atoms with Gasteiger partial charge in [0.05, 0.1) is 5.56 Å². The van der Waals surface area contributed by atoms with Gasteiger partial charge in [0.1, 0.15) is 0 Å². The molecule has 0 atom stereocenters. The maximum absolute atomic E-state index is 12.9. The number of carbonyl (C=O) groups is 1. The van der Waals surface area contributed by atoms with Gasteiger partial charge in [-0.15, -0.1) is 0 Å². The zero-order valence-corrected chi connectivity index (χ0v) is 7.26. The van der Waals surface area contributed by atoms with Crippen LogP contribution in [0.5, 0.6) is 0 Å². The molecule has 1 rings (SSSR count). The topological polar surface area (TPSA) is 68.0 Å². The normalized spacial score (nSPS) is 9.93. The highest BCUT2D eigenvalue weighted by Crippen LogP contribution is 2.08. The van der Waals surface area contributed by atoms with Crippen molar-refractivity contribution in [2.75, 3.05) is 13.1 Å². The zero-order chi connectivity index (χ0) is 10.6. The molecule has 14 heavy (non-hydrogen) atoms. The number of halogens is 2. The van der Waals surface area contributed by atoms with Crippen molar-refractivity contribution in [1.29, 1.82) is 0 Å². The fourth-order valence-corrected chi connectivity index (χ4v) is 0.874. The quantitative estimate of drug-likeness (QED) is 0.679. The second-order valence-corrected chi connectivity index (χ2v) is 2.51. The van der Waals surface area contributed by atoms with Crippen LogP contribution < -0.4 is 11.1 Å². The molecule has 0 fully saturated rings. The summed E-state index contributed by atoms with van der Waals surface area (Å²) in [7, 11) is 0. The number of pyridine rings is 1. The van der Waals surface area contributed by atoms with E-state index in [0.29, 0.717) is 0 Å². The van der Waals surface area contributed by atoms with Gasteiger partial charge in [0.2, 0.25) is 5.95 Å². The van der Waals surface area contributed by atoms with Gasteiger partial charge in [0.25, 0.3) is 5.91 Å². The molecule has 0 aliphatic rings. The van der Waals surface area contributed by atoms with E-state index in [9.17, 15) is 13.6 Å². The predicted molar refractivity (Wildman–Crippen MR) is 45.5 cm³/mol. The van der Waals surface area contributed by atoms with Crippen molar-refractivity contribution in [2.45, 2.75) is 0 Å². The van der Waals surface area contributed by atoms with Gasteiger partial charge in [-0.1, -0.05) is 0 Å². The molecule has 0 saturated carbocycles. The highest BCUT2D eigenvalue weighted by molar-refractivity contribution is 5.94. The van der Waals surface area contributed by atoms with Crippen molar-refractivity contribution >= 4 is 5.91 Å². The minimum Gasteiger partial charge on any atom is -0.351 e. The lowest BCUT2D eigenvalue weighted by Crippen LogP contribution is -2.29. The second kappa shape index (κ2) is 4.61. The van der Waals surface area contributed by atoms with Gasteiger partial charge in [-0.3, -0.25) is 4.79 Å². The van der Waals surface area contributed by atoms with Gasteiger partial charge in [-0.25, -0.2) is 9.37 Å². The molecule has 0 aromatic carbocycles. The van der Waals surface area contributed by atoms with Crippen LogP contribution in [0.2, 0.25) is 0 Å². The van der Waals surface area contributed by atoms with E-state index in [1.807, 2.05) is 0 Å². The summed E-state index contributed by atoms with van der Waals surface area (Å²) in [5, 5.41) is 2.32. The number of hydrogen-bond acceptors (Lipinski definition) is 3. The number of amides is 1. The molecule has 1 aromatic rings. The van der Waals surface area contributed by atoms with Crippen LogP contribution in [0.1, 0.15) is 10.4 Å². The van der Waals surface area contributed by atoms with Crippen LogP contribution in [0.15, 0.2) is 12.3 Å². The summed E-state index contributed by atoms with van der Waals surface area (Å²) in [5.74, 6) is -3.23. The Balaban J connectivity index is 2.84. The summed E-state index contributed by atoms with van der Waals surface area (Å²) in [6.45, 7) is 0.448. The number of aromatic nitrogens is 1. The Hall–Kier alpha value is -1.56. The fourth-order valence-electron chi connectivity index (χ4n) is 0.874. The predicted octanol–water partition coefficient (Wildman–Crippen LogP) is 0.0483. The van der Waals surface area contributed by atoms with E-state index < -0.39 is 17.7 Å². The smallest absolute Gasteiger partial charge is 0.254 e. The zero-order valence-electron chi connectivity index (χ0n) is 7.26. The first-order valence-corrected chi connectivity index (χ1v) is 3.95. The third-order valence-electron chi connectivity index (χ3n) is 1.52. The van der Waals surface area contributed by atoms with Gasteiger partial charge in [0.15, 0.2) is 5.82 Å². The average molecular weight is 201 g/mol. The van der Waals surface area contributed by atoms with Crippen molar-refractivity contribution in [3.8, 4) is 0 Å². The molecule has 76 valence electrons. The minimum atomic E-state index is -1.29. The Morgan fingerprint density at radius 1 is 1.57 bits per heavy atom. The monoisotopic (exact) mass is 201 g/mol. The highest BCUT2D eigenvalue weighted by atomic mass is 19.2. The fraction of sp³-hybridized carbons (Fsp3) is 0.250. The highest BCUT2D eigenvalue weighted by Gasteiger charge is 2.14. The minimum absolute atomic E-state index is 0.211. The molecule has 0 saturated heterocycles. The molecular formula is C8H9F2N3O. The standard InChI is InChI=1S/C8H9F2N3O/c9-6-5(1-3-12-7(6)10)8(14)13-4-2-11/h1,3H,2,4,11H2,(H,13,14). The van der Waals surface area contributed by atoms with Crippen LogP contribution in [0, 0.1) is 11.8 Å². The average Bonchev–Trinajstić information content (AvgIpc) is 2.18. The Labute approximate surface area is 79.1 Å². The van der Waals surface area contributed by atoms with Crippen molar-refractivity contribution in [3.05, 3.63) is 29.6 Å². The molecule has 0 radical (unpaired) electrons. The van der Waals surface area contributed by atoms with Crippen LogP contribution in [-0.4, -0.2) is 24.0 Å². The first-order valence-electron chi connectivity index (χ1n) is 3.95. The van der Waals surface area contributed by atoms with Gasteiger partial charge in [-0.2, -0.15) is 4.39 Å². The van der Waals surface area contributed by atoms with E-state index >= 15 is 0 Å². The van der Waals surface area contributed by atoms with E-state index in [-0.39, 0.29) is 18.7 Å². The first kappa shape index (κ1) is 10.5. The molecule has 0 aliphatic carbocycles. The molecule has 6 heteroatoms. The summed E-state index contributed by atoms with van der Waals surface area (Å²) in [4.78, 5) is 14.2. The largest absolute Gasteiger partial charge is 0.351 e. The first-order chi connectivity index (χ1) is 6.66. The van der Waals surface area contributed by atoms with E-state index in [1.165, 1.54) is 0 Å². The molecule has 0 aliphatic heterocycles. The van der Waals surface area contributed by atoms with Gasteiger partial charge < -0.3 is 11.1 Å². The van der Waals surface area contributed by atoms with Crippen molar-refractivity contribution in [2.24, 2.45) is 5.73 Å². The van der Waals surface area contributed by atoms with Crippen LogP contribution in [0.25, 0.3) is 0 Å². The molecule has 0 unspecified atom stereocenters. The van der Waals surface area contributed by atoms with Gasteiger partial charge >= 0.3 is 0 Å². The summed E-state index contributed by atoms with van der Waals surface area (Å²) < 4.78 is 25.5. The molecule has 1 heterocycles. The Kier molecular flexibility index (Phi) is 3.47. The number of hydrogen-bond donors (Lipinski definition) is 2. The molecule has 1 amide bonds. The van der Waals surface area contributed by atoms with E-state index in [4.69, 9.17) is 5.73 Å². The molecule has 3 N–H and O–H groups in total. The second-order valence-electron chi connectivity index (χ2n) is 2.51. The molecular weight excluding hydrogens is 192 g/mol. The molecule has 0 spiro atoms. The third kappa shape index (κ3) is 2.23. The van der Waals surface area contributed by atoms with Crippen LogP contribution in [0.3, 0.4) is 0 Å². The Morgan fingerprint density at radius 3 is 2.93 bits per heavy atom. The number of carbonyl (C=O) groups excluding carboxylic acids is 1. The van der Waals surface area contributed by atoms with Crippen molar-refractivity contribution in [3.63, 3.8) is 0 Å². The molecule has 0 bridgehead atoms. The summed E-state index contributed by atoms with van der Waals surface area (Å²) in [6, 6.07) is 1.10.